The second-order valence-corrected chi connectivity index (χ2v) is 8.33. The molecule has 1 aliphatic heterocycles. The van der Waals surface area contributed by atoms with Crippen LogP contribution >= 0.6 is 0 Å². The van der Waals surface area contributed by atoms with E-state index in [1.807, 2.05) is 11.0 Å². The van der Waals surface area contributed by atoms with Gasteiger partial charge in [-0.1, -0.05) is 26.0 Å². The predicted molar refractivity (Wildman–Crippen MR) is 106 cm³/mol. The molecule has 1 aromatic heterocycles. The van der Waals surface area contributed by atoms with Crippen molar-refractivity contribution in [1.29, 1.82) is 0 Å². The van der Waals surface area contributed by atoms with Gasteiger partial charge in [-0.3, -0.25) is 14.5 Å². The number of benzene rings is 1. The Hall–Kier alpha value is -2.14. The summed E-state index contributed by atoms with van der Waals surface area (Å²) in [7, 11) is 0. The number of amides is 1. The fourth-order valence-corrected chi connectivity index (χ4v) is 4.10. The van der Waals surface area contributed by atoms with E-state index in [1.165, 1.54) is 18.9 Å². The Morgan fingerprint density at radius 2 is 2.00 bits per heavy atom. The van der Waals surface area contributed by atoms with E-state index in [1.54, 1.807) is 18.2 Å². The number of hydrogen-bond acceptors (Lipinski definition) is 4. The quantitative estimate of drug-likeness (QED) is 0.830. The summed E-state index contributed by atoms with van der Waals surface area (Å²) in [6.07, 6.45) is 3.64. The summed E-state index contributed by atoms with van der Waals surface area (Å²) in [5.74, 6) is 1.29. The number of rotatable bonds is 4. The molecule has 4 rings (SSSR count). The van der Waals surface area contributed by atoms with Crippen LogP contribution in [0.15, 0.2) is 39.5 Å². The molecule has 2 aromatic rings. The van der Waals surface area contributed by atoms with Gasteiger partial charge >= 0.3 is 0 Å². The number of carbonyl (C=O) groups is 1. The van der Waals surface area contributed by atoms with Crippen molar-refractivity contribution in [1.82, 2.24) is 9.80 Å². The number of hydrogen-bond donors (Lipinski definition) is 0. The lowest BCUT2D eigenvalue weighted by molar-refractivity contribution is 0.0674. The van der Waals surface area contributed by atoms with Crippen LogP contribution in [0.1, 0.15) is 43.7 Å². The summed E-state index contributed by atoms with van der Waals surface area (Å²) in [6, 6.07) is 8.79. The predicted octanol–water partition coefficient (Wildman–Crippen LogP) is 3.38. The van der Waals surface area contributed by atoms with Crippen LogP contribution in [0.5, 0.6) is 0 Å². The molecule has 5 nitrogen and oxygen atoms in total. The number of fused-ring (bicyclic) bond motifs is 1. The molecule has 27 heavy (non-hydrogen) atoms. The lowest BCUT2D eigenvalue weighted by Crippen LogP contribution is -2.46. The maximum absolute atomic E-state index is 13.1. The largest absolute Gasteiger partial charge is 0.451 e. The minimum atomic E-state index is -0.170. The van der Waals surface area contributed by atoms with Crippen molar-refractivity contribution in [3.05, 3.63) is 46.3 Å². The second-order valence-electron chi connectivity index (χ2n) is 8.33. The van der Waals surface area contributed by atoms with E-state index in [2.05, 4.69) is 18.7 Å². The number of nitrogens with zero attached hydrogens (tertiary/aromatic N) is 2. The highest BCUT2D eigenvalue weighted by Crippen LogP contribution is 2.32. The summed E-state index contributed by atoms with van der Waals surface area (Å²) >= 11 is 0. The Labute approximate surface area is 159 Å². The molecule has 2 heterocycles. The molecule has 0 spiro atoms. The van der Waals surface area contributed by atoms with E-state index in [4.69, 9.17) is 4.42 Å². The molecule has 144 valence electrons. The van der Waals surface area contributed by atoms with Gasteiger partial charge in [-0.15, -0.1) is 0 Å². The van der Waals surface area contributed by atoms with Gasteiger partial charge in [0, 0.05) is 38.3 Å². The van der Waals surface area contributed by atoms with E-state index in [0.29, 0.717) is 36.0 Å². The first-order valence-corrected chi connectivity index (χ1v) is 10.1. The Morgan fingerprint density at radius 1 is 1.22 bits per heavy atom. The molecule has 1 aromatic carbocycles. The SMILES string of the molecule is CC(C)[C@@H]1CN(C(=O)c2cc(=O)c3ccccc3o2)CCCN1CC1CC1. The standard InChI is InChI=1S/C22H28N2O3/c1-15(2)18-14-24(11-5-10-23(18)13-16-8-9-16)22(26)21-12-19(25)17-6-3-4-7-20(17)27-21/h3-4,6-7,12,15-16,18H,5,8-11,13-14H2,1-2H3/t18-/m0/s1. The Bertz CT molecular complexity index is 885. The van der Waals surface area contributed by atoms with Crippen molar-refractivity contribution in [3.63, 3.8) is 0 Å². The normalized spacial score (nSPS) is 21.6. The summed E-state index contributed by atoms with van der Waals surface area (Å²) in [5, 5.41) is 0.514. The van der Waals surface area contributed by atoms with Crippen LogP contribution < -0.4 is 5.43 Å². The first-order chi connectivity index (χ1) is 13.0. The average molecular weight is 368 g/mol. The molecule has 1 saturated heterocycles. The minimum Gasteiger partial charge on any atom is -0.451 e. The molecule has 1 amide bonds. The second kappa shape index (κ2) is 7.47. The topological polar surface area (TPSA) is 53.8 Å². The zero-order chi connectivity index (χ0) is 19.0. The van der Waals surface area contributed by atoms with E-state index < -0.39 is 0 Å². The smallest absolute Gasteiger partial charge is 0.289 e. The zero-order valence-corrected chi connectivity index (χ0v) is 16.2. The highest BCUT2D eigenvalue weighted by molar-refractivity contribution is 5.93. The maximum Gasteiger partial charge on any atom is 0.289 e. The van der Waals surface area contributed by atoms with Crippen LogP contribution in [0.4, 0.5) is 0 Å². The van der Waals surface area contributed by atoms with Crippen LogP contribution in [0.2, 0.25) is 0 Å². The third-order valence-electron chi connectivity index (χ3n) is 5.84. The molecule has 0 radical (unpaired) electrons. The fraction of sp³-hybridized carbons (Fsp3) is 0.545. The van der Waals surface area contributed by atoms with Crippen molar-refractivity contribution in [2.24, 2.45) is 11.8 Å². The lowest BCUT2D eigenvalue weighted by Gasteiger charge is -2.34. The molecular formula is C22H28N2O3. The fourth-order valence-electron chi connectivity index (χ4n) is 4.10. The first kappa shape index (κ1) is 18.2. The van der Waals surface area contributed by atoms with Gasteiger partial charge in [-0.25, -0.2) is 0 Å². The highest BCUT2D eigenvalue weighted by atomic mass is 16.3. The van der Waals surface area contributed by atoms with E-state index in [-0.39, 0.29) is 17.1 Å². The lowest BCUT2D eigenvalue weighted by atomic mass is 10.0. The van der Waals surface area contributed by atoms with Gasteiger partial charge in [0.1, 0.15) is 5.58 Å². The zero-order valence-electron chi connectivity index (χ0n) is 16.2. The molecule has 0 N–H and O–H groups in total. The van der Waals surface area contributed by atoms with Gasteiger partial charge in [0.15, 0.2) is 11.2 Å². The molecule has 0 unspecified atom stereocenters. The monoisotopic (exact) mass is 368 g/mol. The average Bonchev–Trinajstić information content (AvgIpc) is 3.48. The van der Waals surface area contributed by atoms with Crippen molar-refractivity contribution in [2.75, 3.05) is 26.2 Å². The van der Waals surface area contributed by atoms with Crippen LogP contribution in [-0.4, -0.2) is 47.9 Å². The number of carbonyl (C=O) groups excluding carboxylic acids is 1. The third kappa shape index (κ3) is 3.93. The van der Waals surface area contributed by atoms with E-state index >= 15 is 0 Å². The molecule has 1 aliphatic carbocycles. The molecule has 1 atom stereocenters. The highest BCUT2D eigenvalue weighted by Gasteiger charge is 2.34. The van der Waals surface area contributed by atoms with Gasteiger partial charge in [-0.05, 0) is 43.2 Å². The maximum atomic E-state index is 13.1. The minimum absolute atomic E-state index is 0.150. The van der Waals surface area contributed by atoms with Crippen LogP contribution in [0, 0.1) is 11.8 Å². The van der Waals surface area contributed by atoms with Gasteiger partial charge in [0.05, 0.1) is 5.39 Å². The summed E-state index contributed by atoms with van der Waals surface area (Å²) in [6.45, 7) is 8.05. The Balaban J connectivity index is 1.58. The Morgan fingerprint density at radius 3 is 2.74 bits per heavy atom. The van der Waals surface area contributed by atoms with E-state index in [9.17, 15) is 9.59 Å². The van der Waals surface area contributed by atoms with Crippen molar-refractivity contribution >= 4 is 16.9 Å². The van der Waals surface area contributed by atoms with E-state index in [0.717, 1.165) is 25.4 Å². The number of para-hydroxylation sites is 1. The van der Waals surface area contributed by atoms with Crippen molar-refractivity contribution < 1.29 is 9.21 Å². The molecule has 1 saturated carbocycles. The molecule has 2 aliphatic rings. The third-order valence-corrected chi connectivity index (χ3v) is 5.84. The van der Waals surface area contributed by atoms with Crippen LogP contribution in [-0.2, 0) is 0 Å². The van der Waals surface area contributed by atoms with Crippen molar-refractivity contribution in [2.45, 2.75) is 39.2 Å². The van der Waals surface area contributed by atoms with Crippen LogP contribution in [0.25, 0.3) is 11.0 Å². The Kier molecular flexibility index (Phi) is 5.04. The molecular weight excluding hydrogens is 340 g/mol. The molecule has 0 bridgehead atoms. The van der Waals surface area contributed by atoms with Crippen molar-refractivity contribution in [3.8, 4) is 0 Å². The van der Waals surface area contributed by atoms with Gasteiger partial charge in [-0.2, -0.15) is 0 Å². The van der Waals surface area contributed by atoms with Gasteiger partial charge < -0.3 is 9.32 Å². The summed E-state index contributed by atoms with van der Waals surface area (Å²) in [5.41, 5.74) is 0.310. The summed E-state index contributed by atoms with van der Waals surface area (Å²) in [4.78, 5) is 30.0. The molecule has 2 fully saturated rings. The van der Waals surface area contributed by atoms with Gasteiger partial charge in [0.25, 0.3) is 5.91 Å². The summed E-state index contributed by atoms with van der Waals surface area (Å²) < 4.78 is 5.79. The van der Waals surface area contributed by atoms with Gasteiger partial charge in [0.2, 0.25) is 0 Å². The molecule has 5 heteroatoms. The first-order valence-electron chi connectivity index (χ1n) is 10.1. The van der Waals surface area contributed by atoms with Crippen LogP contribution in [0.3, 0.4) is 0 Å².